The highest BCUT2D eigenvalue weighted by Gasteiger charge is 2.23. The zero-order valence-electron chi connectivity index (χ0n) is 16.0. The fraction of sp³-hybridized carbons (Fsp3) is 0.500. The first-order chi connectivity index (χ1) is 12.5. The van der Waals surface area contributed by atoms with E-state index in [0.717, 1.165) is 0 Å². The number of amides is 1. The van der Waals surface area contributed by atoms with Crippen LogP contribution in [0.4, 0.5) is 4.79 Å². The third-order valence-electron chi connectivity index (χ3n) is 3.63. The van der Waals surface area contributed by atoms with Crippen molar-refractivity contribution < 1.29 is 24.2 Å². The van der Waals surface area contributed by atoms with Gasteiger partial charge in [-0.15, -0.1) is 0 Å². The third kappa shape index (κ3) is 5.12. The zero-order valence-corrected chi connectivity index (χ0v) is 17.6. The van der Waals surface area contributed by atoms with E-state index in [1.165, 1.54) is 0 Å². The Labute approximate surface area is 166 Å². The van der Waals surface area contributed by atoms with Gasteiger partial charge in [-0.1, -0.05) is 0 Å². The lowest BCUT2D eigenvalue weighted by molar-refractivity contribution is 0.0521. The van der Waals surface area contributed by atoms with Crippen LogP contribution < -0.4 is 10.1 Å². The molecule has 1 amide bonds. The number of hydrogen-bond donors (Lipinski definition) is 2. The maximum Gasteiger partial charge on any atom is 0.407 e. The topological polar surface area (TPSA) is 103 Å². The van der Waals surface area contributed by atoms with Gasteiger partial charge in [-0.2, -0.15) is 0 Å². The highest BCUT2D eigenvalue weighted by Crippen LogP contribution is 2.31. The molecule has 2 heterocycles. The summed E-state index contributed by atoms with van der Waals surface area (Å²) in [6.45, 7) is 9.63. The predicted octanol–water partition coefficient (Wildman–Crippen LogP) is 3.98. The SMILES string of the molecule is CCOc1cc2cc(C(=O)O)n([C@H](C)CNC(=O)OC(C)(C)C)c2nc1Br. The van der Waals surface area contributed by atoms with Crippen molar-refractivity contribution in [3.63, 3.8) is 0 Å². The monoisotopic (exact) mass is 441 g/mol. The number of aromatic carboxylic acids is 1. The number of halogens is 1. The maximum absolute atomic E-state index is 11.9. The summed E-state index contributed by atoms with van der Waals surface area (Å²) in [4.78, 5) is 28.1. The number of rotatable bonds is 6. The Balaban J connectivity index is 2.34. The van der Waals surface area contributed by atoms with Crippen LogP contribution in [-0.2, 0) is 4.74 Å². The molecule has 2 N–H and O–H groups in total. The Bertz CT molecular complexity index is 857. The number of carbonyl (C=O) groups excluding carboxylic acids is 1. The van der Waals surface area contributed by atoms with Gasteiger partial charge in [-0.3, -0.25) is 0 Å². The van der Waals surface area contributed by atoms with Crippen molar-refractivity contribution in [3.05, 3.63) is 22.4 Å². The molecular formula is C18H24BrN3O5. The second kappa shape index (κ2) is 8.16. The van der Waals surface area contributed by atoms with E-state index < -0.39 is 17.7 Å². The third-order valence-corrected chi connectivity index (χ3v) is 4.20. The zero-order chi connectivity index (χ0) is 20.4. The quantitative estimate of drug-likeness (QED) is 0.657. The predicted molar refractivity (Wildman–Crippen MR) is 105 cm³/mol. The van der Waals surface area contributed by atoms with Crippen molar-refractivity contribution in [2.24, 2.45) is 0 Å². The minimum atomic E-state index is -1.08. The van der Waals surface area contributed by atoms with Gasteiger partial charge < -0.3 is 24.5 Å². The van der Waals surface area contributed by atoms with E-state index in [0.29, 0.717) is 28.0 Å². The van der Waals surface area contributed by atoms with Gasteiger partial charge in [0, 0.05) is 11.9 Å². The van der Waals surface area contributed by atoms with Crippen molar-refractivity contribution in [3.8, 4) is 5.75 Å². The molecule has 0 fully saturated rings. The van der Waals surface area contributed by atoms with Gasteiger partial charge in [0.05, 0.1) is 12.6 Å². The number of alkyl carbamates (subject to hydrolysis) is 1. The lowest BCUT2D eigenvalue weighted by atomic mass is 10.2. The summed E-state index contributed by atoms with van der Waals surface area (Å²) >= 11 is 3.36. The van der Waals surface area contributed by atoms with Crippen molar-refractivity contribution in [1.29, 1.82) is 0 Å². The number of carboxylic acids is 1. The molecule has 0 spiro atoms. The summed E-state index contributed by atoms with van der Waals surface area (Å²) in [5, 5.41) is 12.9. The molecule has 2 aromatic heterocycles. The molecule has 0 aromatic carbocycles. The largest absolute Gasteiger partial charge is 0.491 e. The molecule has 0 saturated carbocycles. The molecule has 148 valence electrons. The Morgan fingerprint density at radius 1 is 1.37 bits per heavy atom. The van der Waals surface area contributed by atoms with Gasteiger partial charge in [0.1, 0.15) is 21.5 Å². The highest BCUT2D eigenvalue weighted by atomic mass is 79.9. The molecule has 0 bridgehead atoms. The maximum atomic E-state index is 11.9. The van der Waals surface area contributed by atoms with Gasteiger partial charge in [-0.25, -0.2) is 14.6 Å². The first-order valence-electron chi connectivity index (χ1n) is 8.58. The van der Waals surface area contributed by atoms with Crippen molar-refractivity contribution in [1.82, 2.24) is 14.9 Å². The number of pyridine rings is 1. The number of nitrogens with one attached hydrogen (secondary N) is 1. The molecule has 9 heteroatoms. The van der Waals surface area contributed by atoms with Crippen LogP contribution >= 0.6 is 15.9 Å². The molecule has 2 rings (SSSR count). The first kappa shape index (κ1) is 21.0. The van der Waals surface area contributed by atoms with Crippen LogP contribution in [0.2, 0.25) is 0 Å². The molecule has 0 radical (unpaired) electrons. The highest BCUT2D eigenvalue weighted by molar-refractivity contribution is 9.10. The second-order valence-corrected chi connectivity index (χ2v) is 7.81. The average Bonchev–Trinajstić information content (AvgIpc) is 2.90. The van der Waals surface area contributed by atoms with Crippen molar-refractivity contribution in [2.75, 3.05) is 13.2 Å². The Morgan fingerprint density at radius 3 is 2.59 bits per heavy atom. The van der Waals surface area contributed by atoms with Crippen molar-refractivity contribution in [2.45, 2.75) is 46.3 Å². The molecule has 1 atom stereocenters. The summed E-state index contributed by atoms with van der Waals surface area (Å²) in [5.74, 6) is -0.537. The van der Waals surface area contributed by atoms with Crippen molar-refractivity contribution >= 4 is 39.0 Å². The first-order valence-corrected chi connectivity index (χ1v) is 9.37. The molecule has 0 aliphatic carbocycles. The minimum Gasteiger partial charge on any atom is -0.491 e. The molecule has 0 saturated heterocycles. The number of carboxylic acid groups (broad SMARTS) is 1. The van der Waals surface area contributed by atoms with E-state index in [9.17, 15) is 14.7 Å². The van der Waals surface area contributed by atoms with E-state index in [4.69, 9.17) is 9.47 Å². The number of hydrogen-bond acceptors (Lipinski definition) is 5. The van der Waals surface area contributed by atoms with Gasteiger partial charge in [0.15, 0.2) is 5.75 Å². The summed E-state index contributed by atoms with van der Waals surface area (Å²) in [6.07, 6.45) is -0.560. The van der Waals surface area contributed by atoms with Gasteiger partial charge in [-0.05, 0) is 62.7 Å². The van der Waals surface area contributed by atoms with Crippen LogP contribution in [-0.4, -0.2) is 45.5 Å². The number of carbonyl (C=O) groups is 2. The number of ether oxygens (including phenoxy) is 2. The van der Waals surface area contributed by atoms with Gasteiger partial charge in [0.2, 0.25) is 0 Å². The second-order valence-electron chi connectivity index (χ2n) is 7.06. The van der Waals surface area contributed by atoms with E-state index >= 15 is 0 Å². The van der Waals surface area contributed by atoms with Gasteiger partial charge in [0.25, 0.3) is 0 Å². The summed E-state index contributed by atoms with van der Waals surface area (Å²) in [6, 6.07) is 2.93. The summed E-state index contributed by atoms with van der Waals surface area (Å²) < 4.78 is 12.8. The van der Waals surface area contributed by atoms with Crippen LogP contribution in [0.3, 0.4) is 0 Å². The average molecular weight is 442 g/mol. The molecule has 0 aliphatic heterocycles. The number of nitrogens with zero attached hydrogens (tertiary/aromatic N) is 2. The van der Waals surface area contributed by atoms with Crippen LogP contribution in [0, 0.1) is 0 Å². The Hall–Kier alpha value is -2.29. The molecule has 8 nitrogen and oxygen atoms in total. The minimum absolute atomic E-state index is 0.0801. The number of fused-ring (bicyclic) bond motifs is 1. The normalized spacial score (nSPS) is 12.7. The van der Waals surface area contributed by atoms with E-state index in [1.807, 2.05) is 6.92 Å². The smallest absolute Gasteiger partial charge is 0.407 e. The van der Waals surface area contributed by atoms with Gasteiger partial charge >= 0.3 is 12.1 Å². The lowest BCUT2D eigenvalue weighted by Crippen LogP contribution is -2.35. The van der Waals surface area contributed by atoms with Crippen LogP contribution in [0.15, 0.2) is 16.7 Å². The molecule has 0 aliphatic rings. The van der Waals surface area contributed by atoms with Crippen LogP contribution in [0.5, 0.6) is 5.75 Å². The van der Waals surface area contributed by atoms with E-state index in [1.54, 1.807) is 44.4 Å². The summed E-state index contributed by atoms with van der Waals surface area (Å²) in [7, 11) is 0. The molecule has 0 unspecified atom stereocenters. The van der Waals surface area contributed by atoms with Crippen LogP contribution in [0.25, 0.3) is 11.0 Å². The standard InChI is InChI=1S/C18H24BrN3O5/c1-6-26-13-8-11-7-12(16(23)24)22(15(11)21-14(13)19)10(2)9-20-17(25)27-18(3,4)5/h7-8,10H,6,9H2,1-5H3,(H,20,25)(H,23,24)/t10-/m1/s1. The Kier molecular flexibility index (Phi) is 6.35. The van der Waals surface area contributed by atoms with E-state index in [-0.39, 0.29) is 18.3 Å². The van der Waals surface area contributed by atoms with E-state index in [2.05, 4.69) is 26.2 Å². The molecule has 27 heavy (non-hydrogen) atoms. The molecule has 2 aromatic rings. The number of aromatic nitrogens is 2. The summed E-state index contributed by atoms with van der Waals surface area (Å²) in [5.41, 5.74) is -0.0420. The Morgan fingerprint density at radius 2 is 2.04 bits per heavy atom. The fourth-order valence-electron chi connectivity index (χ4n) is 2.61. The fourth-order valence-corrected chi connectivity index (χ4v) is 3.01. The lowest BCUT2D eigenvalue weighted by Gasteiger charge is -2.22. The van der Waals surface area contributed by atoms with Crippen LogP contribution in [0.1, 0.15) is 51.1 Å². The molecular weight excluding hydrogens is 418 g/mol.